The number of thioether (sulfide) groups is 1. The van der Waals surface area contributed by atoms with E-state index in [4.69, 9.17) is 0 Å². The molecule has 0 aliphatic rings. The van der Waals surface area contributed by atoms with Crippen molar-refractivity contribution in [3.8, 4) is 0 Å². The van der Waals surface area contributed by atoms with Crippen LogP contribution in [0.3, 0.4) is 0 Å². The number of halogens is 1. The monoisotopic (exact) mass is 396 g/mol. The minimum Gasteiger partial charge on any atom is -0.267 e. The van der Waals surface area contributed by atoms with E-state index in [0.717, 1.165) is 15.5 Å². The summed E-state index contributed by atoms with van der Waals surface area (Å²) in [5.41, 5.74) is 2.26. The molecule has 0 radical (unpaired) electrons. The number of nitrogens with zero attached hydrogens (tertiary/aromatic N) is 4. The molecule has 0 spiro atoms. The highest BCUT2D eigenvalue weighted by atomic mass is 32.2. The van der Waals surface area contributed by atoms with Gasteiger partial charge in [-0.3, -0.25) is 9.78 Å². The molecule has 0 unspecified atom stereocenters. The van der Waals surface area contributed by atoms with Gasteiger partial charge in [-0.2, -0.15) is 4.52 Å². The first-order chi connectivity index (χ1) is 13.2. The van der Waals surface area contributed by atoms with Crippen LogP contribution in [-0.4, -0.2) is 19.6 Å². The van der Waals surface area contributed by atoms with E-state index in [2.05, 4.69) is 15.1 Å². The molecule has 0 saturated heterocycles. The number of hydrogen-bond donors (Lipinski definition) is 0. The second-order valence-corrected chi connectivity index (χ2v) is 7.79. The topological polar surface area (TPSA) is 60.2 Å². The molecule has 0 saturated carbocycles. The minimum atomic E-state index is -0.258. The van der Waals surface area contributed by atoms with Gasteiger partial charge in [0.05, 0.1) is 5.69 Å². The number of aromatic nitrogens is 4. The average molecular weight is 396 g/mol. The quantitative estimate of drug-likeness (QED) is 0.474. The molecule has 8 heteroatoms. The van der Waals surface area contributed by atoms with Crippen molar-refractivity contribution in [3.05, 3.63) is 87.9 Å². The zero-order chi connectivity index (χ0) is 18.6. The van der Waals surface area contributed by atoms with Gasteiger partial charge < -0.3 is 0 Å². The van der Waals surface area contributed by atoms with Crippen LogP contribution in [0.2, 0.25) is 0 Å². The summed E-state index contributed by atoms with van der Waals surface area (Å²) >= 11 is 2.84. The van der Waals surface area contributed by atoms with Gasteiger partial charge in [0.1, 0.15) is 5.82 Å². The highest BCUT2D eigenvalue weighted by molar-refractivity contribution is 8.00. The first-order valence-corrected chi connectivity index (χ1v) is 9.84. The Morgan fingerprint density at radius 1 is 1.19 bits per heavy atom. The minimum absolute atomic E-state index is 0.226. The summed E-state index contributed by atoms with van der Waals surface area (Å²) in [7, 11) is 0. The van der Waals surface area contributed by atoms with E-state index in [0.29, 0.717) is 16.4 Å². The highest BCUT2D eigenvalue weighted by Gasteiger charge is 2.09. The Kier molecular flexibility index (Phi) is 5.08. The molecule has 3 aromatic heterocycles. The molecule has 134 valence electrons. The van der Waals surface area contributed by atoms with Crippen LogP contribution in [0, 0.1) is 5.82 Å². The Labute approximate surface area is 162 Å². The van der Waals surface area contributed by atoms with E-state index in [9.17, 15) is 9.18 Å². The molecule has 0 aliphatic carbocycles. The fraction of sp³-hybridized carbons (Fsp3) is 0.0526. The summed E-state index contributed by atoms with van der Waals surface area (Å²) in [5.74, 6) is 0.383. The molecule has 27 heavy (non-hydrogen) atoms. The molecule has 0 fully saturated rings. The van der Waals surface area contributed by atoms with Gasteiger partial charge in [-0.1, -0.05) is 47.4 Å². The van der Waals surface area contributed by atoms with Crippen LogP contribution in [-0.2, 0) is 5.75 Å². The van der Waals surface area contributed by atoms with Crippen molar-refractivity contribution in [2.24, 2.45) is 0 Å². The standard InChI is InChI=1S/C19H13FN4OS2/c20-15-6-3-14(4-7-15)12-26-19-23-24-17(25)10-16(22-18(24)27-19)8-5-13-2-1-9-21-11-13/h1-11H,12H2/b8-5+. The predicted molar refractivity (Wildman–Crippen MR) is 106 cm³/mol. The Hall–Kier alpha value is -2.84. The third-order valence-electron chi connectivity index (χ3n) is 3.65. The van der Waals surface area contributed by atoms with Gasteiger partial charge in [0.2, 0.25) is 4.96 Å². The maximum absolute atomic E-state index is 13.0. The molecule has 0 atom stereocenters. The first-order valence-electron chi connectivity index (χ1n) is 8.04. The van der Waals surface area contributed by atoms with Crippen molar-refractivity contribution < 1.29 is 4.39 Å². The normalized spacial score (nSPS) is 11.4. The van der Waals surface area contributed by atoms with Gasteiger partial charge in [-0.05, 0) is 35.4 Å². The van der Waals surface area contributed by atoms with E-state index >= 15 is 0 Å². The lowest BCUT2D eigenvalue weighted by atomic mass is 10.2. The number of hydrogen-bond acceptors (Lipinski definition) is 6. The number of fused-ring (bicyclic) bond motifs is 1. The molecule has 4 aromatic rings. The molecule has 4 rings (SSSR count). The highest BCUT2D eigenvalue weighted by Crippen LogP contribution is 2.26. The van der Waals surface area contributed by atoms with Crippen LogP contribution in [0.5, 0.6) is 0 Å². The second kappa shape index (κ2) is 7.81. The second-order valence-electron chi connectivity index (χ2n) is 5.62. The van der Waals surface area contributed by atoms with E-state index in [1.807, 2.05) is 18.2 Å². The van der Waals surface area contributed by atoms with Crippen molar-refractivity contribution in [2.45, 2.75) is 10.1 Å². The van der Waals surface area contributed by atoms with Crippen molar-refractivity contribution >= 4 is 40.2 Å². The van der Waals surface area contributed by atoms with E-state index < -0.39 is 0 Å². The fourth-order valence-corrected chi connectivity index (χ4v) is 4.24. The zero-order valence-electron chi connectivity index (χ0n) is 13.9. The molecule has 0 amide bonds. The molecule has 5 nitrogen and oxygen atoms in total. The SMILES string of the molecule is O=c1cc(/C=C/c2cccnc2)nc2sc(SCc3ccc(F)cc3)nn12. The maximum atomic E-state index is 13.0. The summed E-state index contributed by atoms with van der Waals surface area (Å²) in [6.45, 7) is 0. The van der Waals surface area contributed by atoms with Crippen LogP contribution in [0.15, 0.2) is 64.0 Å². The molecule has 1 aromatic carbocycles. The summed E-state index contributed by atoms with van der Waals surface area (Å²) in [5, 5.41) is 4.32. The molecule has 3 heterocycles. The van der Waals surface area contributed by atoms with Crippen LogP contribution < -0.4 is 5.56 Å². The predicted octanol–water partition coefficient (Wildman–Crippen LogP) is 4.15. The smallest absolute Gasteiger partial charge is 0.267 e. The van der Waals surface area contributed by atoms with Crippen molar-refractivity contribution in [3.63, 3.8) is 0 Å². The van der Waals surface area contributed by atoms with Gasteiger partial charge in [0.25, 0.3) is 5.56 Å². The summed E-state index contributed by atoms with van der Waals surface area (Å²) in [6, 6.07) is 11.6. The first kappa shape index (κ1) is 17.6. The molecule has 0 N–H and O–H groups in total. The zero-order valence-corrected chi connectivity index (χ0v) is 15.6. The van der Waals surface area contributed by atoms with E-state index in [1.165, 1.54) is 45.8 Å². The summed E-state index contributed by atoms with van der Waals surface area (Å²) < 4.78 is 15.0. The third kappa shape index (κ3) is 4.29. The Morgan fingerprint density at radius 2 is 2.04 bits per heavy atom. The van der Waals surface area contributed by atoms with Crippen molar-refractivity contribution in [1.29, 1.82) is 0 Å². The van der Waals surface area contributed by atoms with Gasteiger partial charge in [0.15, 0.2) is 4.34 Å². The molecule has 0 aliphatic heterocycles. The lowest BCUT2D eigenvalue weighted by Crippen LogP contribution is -2.14. The van der Waals surface area contributed by atoms with Crippen LogP contribution in [0.1, 0.15) is 16.8 Å². The Bertz CT molecular complexity index is 1150. The largest absolute Gasteiger partial charge is 0.275 e. The third-order valence-corrected chi connectivity index (χ3v) is 5.77. The van der Waals surface area contributed by atoms with Gasteiger partial charge in [-0.25, -0.2) is 9.37 Å². The van der Waals surface area contributed by atoms with Crippen molar-refractivity contribution in [1.82, 2.24) is 19.6 Å². The summed E-state index contributed by atoms with van der Waals surface area (Å²) in [4.78, 5) is 21.4. The average Bonchev–Trinajstić information content (AvgIpc) is 3.10. The lowest BCUT2D eigenvalue weighted by molar-refractivity contribution is 0.627. The number of rotatable bonds is 5. The fourth-order valence-electron chi connectivity index (χ4n) is 2.34. The molecular formula is C19H13FN4OS2. The number of benzene rings is 1. The van der Waals surface area contributed by atoms with Crippen LogP contribution in [0.4, 0.5) is 4.39 Å². The molecule has 0 bridgehead atoms. The molecular weight excluding hydrogens is 383 g/mol. The summed E-state index contributed by atoms with van der Waals surface area (Å²) in [6.07, 6.45) is 7.08. The Balaban J connectivity index is 1.55. The van der Waals surface area contributed by atoms with Crippen molar-refractivity contribution in [2.75, 3.05) is 0 Å². The van der Waals surface area contributed by atoms with Crippen LogP contribution in [0.25, 0.3) is 17.1 Å². The van der Waals surface area contributed by atoms with E-state index in [-0.39, 0.29) is 11.4 Å². The van der Waals surface area contributed by atoms with Gasteiger partial charge >= 0.3 is 0 Å². The maximum Gasteiger partial charge on any atom is 0.275 e. The van der Waals surface area contributed by atoms with E-state index in [1.54, 1.807) is 30.6 Å². The number of pyridine rings is 1. The van der Waals surface area contributed by atoms with Gasteiger partial charge in [0, 0.05) is 24.2 Å². The van der Waals surface area contributed by atoms with Gasteiger partial charge in [-0.15, -0.1) is 5.10 Å². The van der Waals surface area contributed by atoms with Crippen LogP contribution >= 0.6 is 23.1 Å². The lowest BCUT2D eigenvalue weighted by Gasteiger charge is -1.97. The Morgan fingerprint density at radius 3 is 2.81 bits per heavy atom.